The lowest BCUT2D eigenvalue weighted by molar-refractivity contribution is -0.144. The van der Waals surface area contributed by atoms with E-state index in [1.807, 2.05) is 0 Å². The lowest BCUT2D eigenvalue weighted by Gasteiger charge is -2.05. The molecule has 2 N–H and O–H groups in total. The van der Waals surface area contributed by atoms with Crippen molar-refractivity contribution in [3.05, 3.63) is 0 Å². The van der Waals surface area contributed by atoms with E-state index < -0.39 is 25.0 Å². The van der Waals surface area contributed by atoms with Gasteiger partial charge < -0.3 is 14.9 Å². The predicted molar refractivity (Wildman–Crippen MR) is 43.6 cm³/mol. The summed E-state index contributed by atoms with van der Waals surface area (Å²) in [6.07, 6.45) is -2.70. The summed E-state index contributed by atoms with van der Waals surface area (Å²) in [5.74, 6) is -0.827. The second kappa shape index (κ2) is 7.06. The molecule has 2 atom stereocenters. The summed E-state index contributed by atoms with van der Waals surface area (Å²) in [5, 5.41) is 17.4. The molecular formula is C8H16O4. The van der Waals surface area contributed by atoms with E-state index in [9.17, 15) is 4.79 Å². The Hall–Kier alpha value is -0.610. The van der Waals surface area contributed by atoms with Crippen LogP contribution < -0.4 is 0 Å². The number of carbonyl (C=O) groups excluding carboxylic acids is 1. The summed E-state index contributed by atoms with van der Waals surface area (Å²) in [4.78, 5) is 11.0. The molecule has 0 aromatic rings. The van der Waals surface area contributed by atoms with Gasteiger partial charge in [-0.3, -0.25) is 4.79 Å². The lowest BCUT2D eigenvalue weighted by Crippen LogP contribution is -2.10. The molecule has 0 saturated heterocycles. The van der Waals surface area contributed by atoms with Crippen LogP contribution in [0.25, 0.3) is 0 Å². The molecule has 12 heavy (non-hydrogen) atoms. The summed E-state index contributed by atoms with van der Waals surface area (Å²) in [6, 6.07) is 0. The third-order valence-electron chi connectivity index (χ3n) is 1.02. The first-order valence-electron chi connectivity index (χ1n) is 5.32. The number of aliphatic hydroxyl groups is 2. The van der Waals surface area contributed by atoms with Gasteiger partial charge in [-0.1, -0.05) is 0 Å². The highest BCUT2D eigenvalue weighted by Gasteiger charge is 2.02. The highest BCUT2D eigenvalue weighted by molar-refractivity contribution is 5.69. The van der Waals surface area contributed by atoms with Crippen LogP contribution in [0.4, 0.5) is 0 Å². The molecule has 0 saturated carbocycles. The molecule has 0 amide bonds. The first-order valence-corrected chi connectivity index (χ1v) is 3.74. The van der Waals surface area contributed by atoms with Crippen molar-refractivity contribution in [2.24, 2.45) is 0 Å². The van der Waals surface area contributed by atoms with Crippen LogP contribution in [0, 0.1) is 0 Å². The maximum Gasteiger partial charge on any atom is 0.305 e. The van der Waals surface area contributed by atoms with Gasteiger partial charge in [0, 0.05) is 20.8 Å². The maximum atomic E-state index is 11.0. The van der Waals surface area contributed by atoms with Gasteiger partial charge >= 0.3 is 5.97 Å². The number of hydrogen-bond acceptors (Lipinski definition) is 4. The van der Waals surface area contributed by atoms with Gasteiger partial charge in [0.1, 0.15) is 0 Å². The number of aliphatic hydroxyl groups excluding tert-OH is 2. The van der Waals surface area contributed by atoms with E-state index in [-0.39, 0.29) is 19.4 Å². The quantitative estimate of drug-likeness (QED) is 0.566. The summed E-state index contributed by atoms with van der Waals surface area (Å²) >= 11 is 0. The zero-order valence-corrected chi connectivity index (χ0v) is 6.99. The molecule has 2 unspecified atom stereocenters. The Balaban J connectivity index is 4.18. The molecule has 0 fully saturated rings. The van der Waals surface area contributed by atoms with Crippen molar-refractivity contribution >= 4 is 5.97 Å². The molecule has 4 heteroatoms. The molecule has 0 radical (unpaired) electrons. The van der Waals surface area contributed by atoms with Crippen molar-refractivity contribution < 1.29 is 23.9 Å². The molecule has 72 valence electrons. The van der Waals surface area contributed by atoms with E-state index in [1.54, 1.807) is 0 Å². The number of hydrogen-bond donors (Lipinski definition) is 2. The van der Waals surface area contributed by atoms with Crippen molar-refractivity contribution in [1.82, 2.24) is 0 Å². The first kappa shape index (κ1) is 6.86. The molecule has 0 aromatic carbocycles. The molecule has 0 aliphatic heterocycles. The van der Waals surface area contributed by atoms with Crippen LogP contribution in [0.15, 0.2) is 0 Å². The molecule has 0 spiro atoms. The van der Waals surface area contributed by atoms with E-state index in [2.05, 4.69) is 4.74 Å². The van der Waals surface area contributed by atoms with E-state index in [1.165, 1.54) is 6.92 Å². The lowest BCUT2D eigenvalue weighted by atomic mass is 10.3. The Labute approximate surface area is 76.4 Å². The normalized spacial score (nSPS) is 20.1. The minimum Gasteiger partial charge on any atom is -0.466 e. The Bertz CT molecular complexity index is 208. The Morgan fingerprint density at radius 1 is 1.75 bits per heavy atom. The molecule has 0 heterocycles. The highest BCUT2D eigenvalue weighted by Crippen LogP contribution is 1.95. The van der Waals surface area contributed by atoms with Crippen LogP contribution in [0.1, 0.15) is 30.3 Å². The summed E-state index contributed by atoms with van der Waals surface area (Å²) < 4.78 is 26.1. The monoisotopic (exact) mass is 179 g/mol. The minimum atomic E-state index is -2.51. The number of esters is 1. The van der Waals surface area contributed by atoms with Crippen molar-refractivity contribution in [1.29, 1.82) is 0 Å². The van der Waals surface area contributed by atoms with Crippen LogP contribution in [0.5, 0.6) is 0 Å². The third kappa shape index (κ3) is 7.50. The molecule has 4 nitrogen and oxygen atoms in total. The van der Waals surface area contributed by atoms with E-state index in [0.717, 1.165) is 0 Å². The van der Waals surface area contributed by atoms with Crippen LogP contribution in [-0.2, 0) is 9.53 Å². The maximum absolute atomic E-state index is 11.0. The number of carbonyl (C=O) groups is 1. The van der Waals surface area contributed by atoms with Crippen LogP contribution in [0.2, 0.25) is 0 Å². The number of ether oxygens (including phenoxy) is 1. The number of rotatable bonds is 6. The minimum absolute atomic E-state index is 0.109. The zero-order valence-electron chi connectivity index (χ0n) is 9.99. The summed E-state index contributed by atoms with van der Waals surface area (Å²) in [5.41, 5.74) is 0. The Morgan fingerprint density at radius 3 is 2.92 bits per heavy atom. The average Bonchev–Trinajstić information content (AvgIpc) is 2.12. The van der Waals surface area contributed by atoms with Gasteiger partial charge in [0.15, 0.2) is 0 Å². The molecule has 0 bridgehead atoms. The summed E-state index contributed by atoms with van der Waals surface area (Å²) in [7, 11) is 0. The summed E-state index contributed by atoms with van der Waals surface area (Å²) in [6.45, 7) is -1.45. The predicted octanol–water partition coefficient (Wildman–Crippen LogP) is 0.0730. The first-order chi connectivity index (χ1) is 6.81. The highest BCUT2D eigenvalue weighted by atomic mass is 16.5. The van der Waals surface area contributed by atoms with Crippen molar-refractivity contribution in [3.63, 3.8) is 0 Å². The van der Waals surface area contributed by atoms with Gasteiger partial charge in [0.2, 0.25) is 0 Å². The Kier molecular flexibility index (Phi) is 4.04. The van der Waals surface area contributed by atoms with Gasteiger partial charge in [-0.25, -0.2) is 0 Å². The van der Waals surface area contributed by atoms with Crippen molar-refractivity contribution in [2.75, 3.05) is 13.2 Å². The van der Waals surface area contributed by atoms with Gasteiger partial charge in [0.25, 0.3) is 0 Å². The molecule has 0 aromatic heterocycles. The van der Waals surface area contributed by atoms with E-state index in [0.29, 0.717) is 0 Å². The van der Waals surface area contributed by atoms with Gasteiger partial charge in [-0.2, -0.15) is 0 Å². The van der Waals surface area contributed by atoms with Gasteiger partial charge in [-0.05, 0) is 13.3 Å². The fourth-order valence-corrected chi connectivity index (χ4v) is 0.473. The second-order valence-corrected chi connectivity index (χ2v) is 2.33. The molecular weight excluding hydrogens is 160 g/mol. The average molecular weight is 179 g/mol. The Morgan fingerprint density at radius 2 is 2.42 bits per heavy atom. The SMILES string of the molecule is [2H]C(C(C)O)C([2H])([2H])OC(=O)CCCO. The van der Waals surface area contributed by atoms with E-state index in [4.69, 9.17) is 14.3 Å². The van der Waals surface area contributed by atoms with Crippen LogP contribution in [0.3, 0.4) is 0 Å². The van der Waals surface area contributed by atoms with E-state index >= 15 is 0 Å². The van der Waals surface area contributed by atoms with Crippen molar-refractivity contribution in [3.8, 4) is 0 Å². The fourth-order valence-electron chi connectivity index (χ4n) is 0.473. The zero-order chi connectivity index (χ0) is 12.1. The smallest absolute Gasteiger partial charge is 0.305 e. The second-order valence-electron chi connectivity index (χ2n) is 2.33. The van der Waals surface area contributed by atoms with Gasteiger partial charge in [-0.15, -0.1) is 0 Å². The van der Waals surface area contributed by atoms with Crippen molar-refractivity contribution in [2.45, 2.75) is 32.3 Å². The largest absolute Gasteiger partial charge is 0.466 e. The standard InChI is InChI=1S/C8H16O4/c1-7(10)4-6-12-8(11)3-2-5-9/h7,9-10H,2-6H2,1H3/i4D,6D2. The fraction of sp³-hybridized carbons (Fsp3) is 0.875. The van der Waals surface area contributed by atoms with Crippen LogP contribution in [-0.4, -0.2) is 35.5 Å². The molecule has 0 aliphatic rings. The molecule has 0 rings (SSSR count). The van der Waals surface area contributed by atoms with Gasteiger partial charge in [0.05, 0.1) is 15.4 Å². The topological polar surface area (TPSA) is 66.8 Å². The molecule has 0 aliphatic carbocycles. The third-order valence-corrected chi connectivity index (χ3v) is 1.02. The van der Waals surface area contributed by atoms with Crippen LogP contribution >= 0.6 is 0 Å².